The number of nitro benzene ring substituents is 2. The summed E-state index contributed by atoms with van der Waals surface area (Å²) in [5, 5.41) is 46.3. The van der Waals surface area contributed by atoms with Crippen LogP contribution in [-0.2, 0) is 27.3 Å². The SMILES string of the molecule is O=C(NCc1ccc([N+](=O)[O-])cc1[N+](=O)[O-])C(=O)N[C@H](Cc1ccc(-c2cccc(Cl)c2)cc1)C[C@@H](O)C(=O)O. The van der Waals surface area contributed by atoms with Crippen molar-refractivity contribution in [3.05, 3.63) is 103 Å². The van der Waals surface area contributed by atoms with Crippen LogP contribution in [0.1, 0.15) is 17.5 Å². The first kappa shape index (κ1) is 29.7. The second-order valence-electron chi connectivity index (χ2n) is 8.68. The monoisotopic (exact) mass is 570 g/mol. The summed E-state index contributed by atoms with van der Waals surface area (Å²) in [6, 6.07) is 16.2. The van der Waals surface area contributed by atoms with Crippen LogP contribution in [0.3, 0.4) is 0 Å². The molecular formula is C26H23ClN4O9. The summed E-state index contributed by atoms with van der Waals surface area (Å²) in [5.41, 5.74) is 1.20. The van der Waals surface area contributed by atoms with Gasteiger partial charge in [0.1, 0.15) is 0 Å². The van der Waals surface area contributed by atoms with Crippen LogP contribution >= 0.6 is 11.6 Å². The van der Waals surface area contributed by atoms with Crippen molar-refractivity contribution < 1.29 is 34.4 Å². The lowest BCUT2D eigenvalue weighted by Crippen LogP contribution is -2.47. The van der Waals surface area contributed by atoms with Gasteiger partial charge in [0.15, 0.2) is 6.10 Å². The Bertz CT molecular complexity index is 1450. The van der Waals surface area contributed by atoms with Gasteiger partial charge in [-0.1, -0.05) is 48.0 Å². The van der Waals surface area contributed by atoms with Gasteiger partial charge in [-0.25, -0.2) is 4.79 Å². The molecule has 3 aromatic carbocycles. The summed E-state index contributed by atoms with van der Waals surface area (Å²) in [5.74, 6) is -3.85. The van der Waals surface area contributed by atoms with Gasteiger partial charge in [0, 0.05) is 29.1 Å². The number of rotatable bonds is 11. The molecule has 4 N–H and O–H groups in total. The lowest BCUT2D eigenvalue weighted by molar-refractivity contribution is -0.394. The minimum absolute atomic E-state index is 0.0746. The van der Waals surface area contributed by atoms with Crippen LogP contribution in [0.5, 0.6) is 0 Å². The summed E-state index contributed by atoms with van der Waals surface area (Å²) in [6.45, 7) is -0.478. The molecule has 14 heteroatoms. The van der Waals surface area contributed by atoms with Crippen LogP contribution in [0.25, 0.3) is 11.1 Å². The van der Waals surface area contributed by atoms with E-state index in [0.717, 1.165) is 29.3 Å². The van der Waals surface area contributed by atoms with Gasteiger partial charge in [0.2, 0.25) is 0 Å². The maximum Gasteiger partial charge on any atom is 0.332 e. The average molecular weight is 571 g/mol. The number of aliphatic carboxylic acids is 1. The summed E-state index contributed by atoms with van der Waals surface area (Å²) >= 11 is 6.04. The van der Waals surface area contributed by atoms with Crippen LogP contribution < -0.4 is 10.6 Å². The first-order valence-corrected chi connectivity index (χ1v) is 12.1. The molecule has 0 bridgehead atoms. The topological polar surface area (TPSA) is 202 Å². The van der Waals surface area contributed by atoms with Crippen molar-refractivity contribution in [1.29, 1.82) is 0 Å². The van der Waals surface area contributed by atoms with Crippen LogP contribution in [0.15, 0.2) is 66.7 Å². The molecule has 0 saturated carbocycles. The third-order valence-electron chi connectivity index (χ3n) is 5.84. The molecule has 0 unspecified atom stereocenters. The summed E-state index contributed by atoms with van der Waals surface area (Å²) < 4.78 is 0. The molecule has 3 rings (SSSR count). The number of carbonyl (C=O) groups is 3. The second-order valence-corrected chi connectivity index (χ2v) is 9.12. The third-order valence-corrected chi connectivity index (χ3v) is 6.08. The third kappa shape index (κ3) is 8.06. The van der Waals surface area contributed by atoms with Gasteiger partial charge in [-0.2, -0.15) is 0 Å². The molecule has 0 aromatic heterocycles. The van der Waals surface area contributed by atoms with E-state index >= 15 is 0 Å². The molecule has 208 valence electrons. The number of halogens is 1. The van der Waals surface area contributed by atoms with E-state index < -0.39 is 64.1 Å². The van der Waals surface area contributed by atoms with E-state index in [1.807, 2.05) is 6.07 Å². The minimum atomic E-state index is -1.82. The Hall–Kier alpha value is -4.88. The largest absolute Gasteiger partial charge is 0.479 e. The molecular weight excluding hydrogens is 548 g/mol. The van der Waals surface area contributed by atoms with Crippen molar-refractivity contribution >= 4 is 40.8 Å². The number of amides is 2. The van der Waals surface area contributed by atoms with Gasteiger partial charge in [-0.3, -0.25) is 29.8 Å². The molecule has 2 atom stereocenters. The molecule has 0 heterocycles. The Morgan fingerprint density at radius 1 is 0.900 bits per heavy atom. The Kier molecular flexibility index (Phi) is 9.84. The van der Waals surface area contributed by atoms with Crippen LogP contribution in [0.2, 0.25) is 5.02 Å². The Balaban J connectivity index is 1.69. The van der Waals surface area contributed by atoms with E-state index in [1.165, 1.54) is 0 Å². The number of nitrogens with one attached hydrogen (secondary N) is 2. The van der Waals surface area contributed by atoms with Crippen molar-refractivity contribution in [2.45, 2.75) is 31.5 Å². The summed E-state index contributed by atoms with van der Waals surface area (Å²) in [4.78, 5) is 56.7. The van der Waals surface area contributed by atoms with E-state index in [2.05, 4.69) is 10.6 Å². The fraction of sp³-hybridized carbons (Fsp3) is 0.192. The van der Waals surface area contributed by atoms with Crippen LogP contribution in [0.4, 0.5) is 11.4 Å². The predicted octanol–water partition coefficient (Wildman–Crippen LogP) is 3.00. The number of carboxylic acids is 1. The second kappa shape index (κ2) is 13.3. The van der Waals surface area contributed by atoms with E-state index in [0.29, 0.717) is 10.6 Å². The number of aliphatic hydroxyl groups excluding tert-OH is 1. The molecule has 2 amide bonds. The Morgan fingerprint density at radius 3 is 2.20 bits per heavy atom. The van der Waals surface area contributed by atoms with E-state index in [9.17, 15) is 39.7 Å². The lowest BCUT2D eigenvalue weighted by atomic mass is 9.98. The highest BCUT2D eigenvalue weighted by atomic mass is 35.5. The predicted molar refractivity (Wildman–Crippen MR) is 142 cm³/mol. The standard InChI is InChI=1S/C26H23ClN4O9/c27-19-3-1-2-17(11-19)16-6-4-15(5-7-16)10-20(12-23(32)26(35)36)29-25(34)24(33)28-14-18-8-9-21(30(37)38)13-22(18)31(39)40/h1-9,11,13,20,23,32H,10,12,14H2,(H,28,33)(H,29,34)(H,35,36)/t20-,23-/m1/s1. The van der Waals surface area contributed by atoms with Gasteiger partial charge in [-0.05, 0) is 41.3 Å². The van der Waals surface area contributed by atoms with Crippen molar-refractivity contribution in [3.8, 4) is 11.1 Å². The number of hydrogen-bond acceptors (Lipinski definition) is 8. The number of hydrogen-bond donors (Lipinski definition) is 4. The zero-order chi connectivity index (χ0) is 29.4. The molecule has 3 aromatic rings. The molecule has 0 aliphatic heterocycles. The Labute approximate surface area is 231 Å². The maximum absolute atomic E-state index is 12.6. The van der Waals surface area contributed by atoms with Crippen LogP contribution in [0, 0.1) is 20.2 Å². The van der Waals surface area contributed by atoms with Crippen LogP contribution in [-0.4, -0.2) is 50.0 Å². The highest BCUT2D eigenvalue weighted by molar-refractivity contribution is 6.35. The quantitative estimate of drug-likeness (QED) is 0.152. The fourth-order valence-electron chi connectivity index (χ4n) is 3.84. The normalized spacial score (nSPS) is 12.2. The van der Waals surface area contributed by atoms with Crippen molar-refractivity contribution in [2.75, 3.05) is 0 Å². The smallest absolute Gasteiger partial charge is 0.332 e. The highest BCUT2D eigenvalue weighted by Crippen LogP contribution is 2.25. The number of nitro groups is 2. The number of carbonyl (C=O) groups excluding carboxylic acids is 2. The molecule has 0 aliphatic carbocycles. The number of benzene rings is 3. The van der Waals surface area contributed by atoms with Crippen molar-refractivity contribution in [2.24, 2.45) is 0 Å². The first-order chi connectivity index (χ1) is 18.9. The summed E-state index contributed by atoms with van der Waals surface area (Å²) in [7, 11) is 0. The molecule has 13 nitrogen and oxygen atoms in total. The van der Waals surface area contributed by atoms with E-state index in [-0.39, 0.29) is 12.0 Å². The molecule has 0 radical (unpaired) electrons. The van der Waals surface area contributed by atoms with E-state index in [4.69, 9.17) is 16.7 Å². The molecule has 0 spiro atoms. The number of non-ortho nitro benzene ring substituents is 1. The zero-order valence-electron chi connectivity index (χ0n) is 20.7. The van der Waals surface area contributed by atoms with Gasteiger partial charge >= 0.3 is 17.8 Å². The summed E-state index contributed by atoms with van der Waals surface area (Å²) in [6.07, 6.45) is -2.15. The average Bonchev–Trinajstić information content (AvgIpc) is 2.91. The minimum Gasteiger partial charge on any atom is -0.479 e. The van der Waals surface area contributed by atoms with Crippen molar-refractivity contribution in [3.63, 3.8) is 0 Å². The molecule has 0 saturated heterocycles. The fourth-order valence-corrected chi connectivity index (χ4v) is 4.03. The highest BCUT2D eigenvalue weighted by Gasteiger charge is 2.25. The van der Waals surface area contributed by atoms with Gasteiger partial charge in [0.25, 0.3) is 11.4 Å². The maximum atomic E-state index is 12.6. The molecule has 0 fully saturated rings. The van der Waals surface area contributed by atoms with Gasteiger partial charge < -0.3 is 20.8 Å². The number of aliphatic hydroxyl groups is 1. The van der Waals surface area contributed by atoms with Gasteiger partial charge in [-0.15, -0.1) is 0 Å². The lowest BCUT2D eigenvalue weighted by Gasteiger charge is -2.20. The molecule has 40 heavy (non-hydrogen) atoms. The number of nitrogens with zero attached hydrogens (tertiary/aromatic N) is 2. The van der Waals surface area contributed by atoms with Crippen molar-refractivity contribution in [1.82, 2.24) is 10.6 Å². The first-order valence-electron chi connectivity index (χ1n) is 11.7. The zero-order valence-corrected chi connectivity index (χ0v) is 21.4. The van der Waals surface area contributed by atoms with E-state index in [1.54, 1.807) is 42.5 Å². The van der Waals surface area contributed by atoms with Gasteiger partial charge in [0.05, 0.1) is 22.5 Å². The molecule has 0 aliphatic rings. The number of carboxylic acid groups (broad SMARTS) is 1. The Morgan fingerprint density at radius 2 is 1.60 bits per heavy atom.